The molecule has 2 aromatic carbocycles. The lowest BCUT2D eigenvalue weighted by atomic mass is 10.1. The van der Waals surface area contributed by atoms with Gasteiger partial charge in [0.15, 0.2) is 0 Å². The van der Waals surface area contributed by atoms with Crippen LogP contribution in [0.25, 0.3) is 10.9 Å². The second-order valence-corrected chi connectivity index (χ2v) is 6.79. The Bertz CT molecular complexity index is 931. The van der Waals surface area contributed by atoms with Gasteiger partial charge >= 0.3 is 0 Å². The monoisotopic (exact) mass is 397 g/mol. The van der Waals surface area contributed by atoms with E-state index < -0.39 is 0 Å². The zero-order chi connectivity index (χ0) is 17.3. The fourth-order valence-electron chi connectivity index (χ4n) is 2.18. The van der Waals surface area contributed by atoms with Gasteiger partial charge in [-0.05, 0) is 36.8 Å². The van der Waals surface area contributed by atoms with Crippen molar-refractivity contribution >= 4 is 69.2 Å². The molecule has 122 valence electrons. The van der Waals surface area contributed by atoms with E-state index >= 15 is 0 Å². The number of pyridine rings is 1. The van der Waals surface area contributed by atoms with Gasteiger partial charge in [-0.15, -0.1) is 0 Å². The normalized spacial score (nSPS) is 11.4. The first-order valence-electron chi connectivity index (χ1n) is 6.94. The van der Waals surface area contributed by atoms with Crippen LogP contribution in [0, 0.1) is 6.92 Å². The van der Waals surface area contributed by atoms with Gasteiger partial charge in [-0.2, -0.15) is 5.10 Å². The van der Waals surface area contributed by atoms with Crippen molar-refractivity contribution in [3.8, 4) is 0 Å². The van der Waals surface area contributed by atoms with Crippen LogP contribution >= 0.6 is 46.4 Å². The Labute approximate surface area is 159 Å². The standard InChI is InChI=1S/C17H11Cl4N3/c1-9-2-3-10-5-11(17(21)23-15(10)4-9)8-22-24-16-13(19)6-12(18)7-14(16)20/h2-8,24H,1H3/b22-8-. The molecule has 0 aliphatic carbocycles. The summed E-state index contributed by atoms with van der Waals surface area (Å²) in [6.45, 7) is 2.01. The van der Waals surface area contributed by atoms with Crippen molar-refractivity contribution < 1.29 is 0 Å². The first-order valence-corrected chi connectivity index (χ1v) is 8.46. The molecule has 0 spiro atoms. The summed E-state index contributed by atoms with van der Waals surface area (Å²) in [7, 11) is 0. The number of nitrogens with one attached hydrogen (secondary N) is 1. The first kappa shape index (κ1) is 17.3. The van der Waals surface area contributed by atoms with E-state index in [1.165, 1.54) is 0 Å². The van der Waals surface area contributed by atoms with Crippen molar-refractivity contribution in [3.63, 3.8) is 0 Å². The van der Waals surface area contributed by atoms with Crippen LogP contribution in [-0.2, 0) is 0 Å². The molecule has 3 aromatic rings. The largest absolute Gasteiger partial charge is 0.275 e. The summed E-state index contributed by atoms with van der Waals surface area (Å²) < 4.78 is 0. The minimum absolute atomic E-state index is 0.368. The molecule has 1 heterocycles. The summed E-state index contributed by atoms with van der Waals surface area (Å²) in [5.74, 6) is 0. The molecule has 3 rings (SSSR count). The van der Waals surface area contributed by atoms with Crippen molar-refractivity contribution in [2.24, 2.45) is 5.10 Å². The Hall–Kier alpha value is -1.52. The molecule has 7 heteroatoms. The summed E-state index contributed by atoms with van der Waals surface area (Å²) in [5.41, 5.74) is 5.92. The molecular formula is C17H11Cl4N3. The predicted molar refractivity (Wildman–Crippen MR) is 104 cm³/mol. The molecule has 1 N–H and O–H groups in total. The van der Waals surface area contributed by atoms with E-state index in [2.05, 4.69) is 15.5 Å². The maximum Gasteiger partial charge on any atom is 0.138 e. The van der Waals surface area contributed by atoms with E-state index in [4.69, 9.17) is 46.4 Å². The fourth-order valence-corrected chi connectivity index (χ4v) is 3.27. The van der Waals surface area contributed by atoms with Crippen molar-refractivity contribution in [2.45, 2.75) is 6.92 Å². The summed E-state index contributed by atoms with van der Waals surface area (Å²) in [4.78, 5) is 4.39. The molecule has 0 radical (unpaired) electrons. The third-order valence-electron chi connectivity index (χ3n) is 3.34. The molecule has 0 unspecified atom stereocenters. The number of aryl methyl sites for hydroxylation is 1. The Kier molecular flexibility index (Phi) is 5.16. The highest BCUT2D eigenvalue weighted by molar-refractivity contribution is 6.41. The minimum Gasteiger partial charge on any atom is -0.275 e. The van der Waals surface area contributed by atoms with Crippen LogP contribution in [0.1, 0.15) is 11.1 Å². The Morgan fingerprint density at radius 1 is 1.00 bits per heavy atom. The average Bonchev–Trinajstić information content (AvgIpc) is 2.50. The summed E-state index contributed by atoms with van der Waals surface area (Å²) in [5, 5.41) is 6.70. The molecule has 24 heavy (non-hydrogen) atoms. The number of fused-ring (bicyclic) bond motifs is 1. The number of halogens is 4. The summed E-state index contributed by atoms with van der Waals surface area (Å²) in [6.07, 6.45) is 1.57. The third kappa shape index (κ3) is 3.76. The first-order chi connectivity index (χ1) is 11.4. The number of hydrogen-bond acceptors (Lipinski definition) is 3. The number of hydrogen-bond donors (Lipinski definition) is 1. The SMILES string of the molecule is Cc1ccc2cc(/C=N\Nc3c(Cl)cc(Cl)cc3Cl)c(Cl)nc2c1. The smallest absolute Gasteiger partial charge is 0.138 e. The Morgan fingerprint density at radius 3 is 2.42 bits per heavy atom. The molecule has 0 saturated heterocycles. The second kappa shape index (κ2) is 7.16. The van der Waals surface area contributed by atoms with Crippen LogP contribution in [-0.4, -0.2) is 11.2 Å². The van der Waals surface area contributed by atoms with E-state index in [0.717, 1.165) is 16.5 Å². The maximum absolute atomic E-state index is 6.22. The van der Waals surface area contributed by atoms with Gasteiger partial charge in [0.2, 0.25) is 0 Å². The molecule has 0 fully saturated rings. The van der Waals surface area contributed by atoms with Crippen LogP contribution < -0.4 is 5.43 Å². The van der Waals surface area contributed by atoms with Crippen LogP contribution in [0.15, 0.2) is 41.5 Å². The lowest BCUT2D eigenvalue weighted by Gasteiger charge is -2.07. The highest BCUT2D eigenvalue weighted by Gasteiger charge is 2.07. The summed E-state index contributed by atoms with van der Waals surface area (Å²) >= 11 is 24.3. The molecule has 1 aromatic heterocycles. The van der Waals surface area contributed by atoms with Crippen molar-refractivity contribution in [1.82, 2.24) is 4.98 Å². The van der Waals surface area contributed by atoms with Crippen molar-refractivity contribution in [2.75, 3.05) is 5.43 Å². The lowest BCUT2D eigenvalue weighted by molar-refractivity contribution is 1.33. The number of anilines is 1. The number of benzene rings is 2. The van der Waals surface area contributed by atoms with Gasteiger partial charge in [-0.1, -0.05) is 58.5 Å². The molecule has 0 aliphatic heterocycles. The fraction of sp³-hybridized carbons (Fsp3) is 0.0588. The lowest BCUT2D eigenvalue weighted by Crippen LogP contribution is -1.95. The molecule has 3 nitrogen and oxygen atoms in total. The van der Waals surface area contributed by atoms with Gasteiger partial charge in [0.05, 0.1) is 27.5 Å². The quantitative estimate of drug-likeness (QED) is 0.306. The Morgan fingerprint density at radius 2 is 1.71 bits per heavy atom. The zero-order valence-corrected chi connectivity index (χ0v) is 15.5. The van der Waals surface area contributed by atoms with Gasteiger partial charge < -0.3 is 0 Å². The van der Waals surface area contributed by atoms with Crippen LogP contribution in [0.5, 0.6) is 0 Å². The van der Waals surface area contributed by atoms with Gasteiger partial charge in [0.25, 0.3) is 0 Å². The number of nitrogens with zero attached hydrogens (tertiary/aromatic N) is 2. The highest BCUT2D eigenvalue weighted by atomic mass is 35.5. The number of hydrazone groups is 1. The molecule has 0 aliphatic rings. The summed E-state index contributed by atoms with van der Waals surface area (Å²) in [6, 6.07) is 11.1. The van der Waals surface area contributed by atoms with Crippen LogP contribution in [0.4, 0.5) is 5.69 Å². The van der Waals surface area contributed by atoms with Crippen LogP contribution in [0.2, 0.25) is 20.2 Å². The van der Waals surface area contributed by atoms with E-state index in [1.807, 2.05) is 31.2 Å². The van der Waals surface area contributed by atoms with Crippen molar-refractivity contribution in [3.05, 3.63) is 67.7 Å². The second-order valence-electron chi connectivity index (χ2n) is 5.18. The number of aromatic nitrogens is 1. The molecule has 0 saturated carbocycles. The topological polar surface area (TPSA) is 37.3 Å². The van der Waals surface area contributed by atoms with Gasteiger partial charge in [-0.3, -0.25) is 5.43 Å². The zero-order valence-electron chi connectivity index (χ0n) is 12.4. The third-order valence-corrected chi connectivity index (χ3v) is 4.46. The maximum atomic E-state index is 6.22. The average molecular weight is 399 g/mol. The molecule has 0 amide bonds. The highest BCUT2D eigenvalue weighted by Crippen LogP contribution is 2.33. The van der Waals surface area contributed by atoms with Gasteiger partial charge in [-0.25, -0.2) is 4.98 Å². The van der Waals surface area contributed by atoms with E-state index in [-0.39, 0.29) is 0 Å². The van der Waals surface area contributed by atoms with Crippen LogP contribution in [0.3, 0.4) is 0 Å². The predicted octanol–water partition coefficient (Wildman–Crippen LogP) is 6.60. The van der Waals surface area contributed by atoms with E-state index in [9.17, 15) is 0 Å². The molecular weight excluding hydrogens is 388 g/mol. The Balaban J connectivity index is 1.88. The molecule has 0 bridgehead atoms. The van der Waals surface area contributed by atoms with E-state index in [0.29, 0.717) is 31.5 Å². The van der Waals surface area contributed by atoms with E-state index in [1.54, 1.807) is 18.3 Å². The van der Waals surface area contributed by atoms with Gasteiger partial charge in [0, 0.05) is 16.0 Å². The number of rotatable bonds is 3. The van der Waals surface area contributed by atoms with Crippen molar-refractivity contribution in [1.29, 1.82) is 0 Å². The molecule has 0 atom stereocenters. The minimum atomic E-state index is 0.368. The van der Waals surface area contributed by atoms with Gasteiger partial charge in [0.1, 0.15) is 5.15 Å².